The Morgan fingerprint density at radius 1 is 1.03 bits per heavy atom. The summed E-state index contributed by atoms with van der Waals surface area (Å²) in [5, 5.41) is 19.5. The minimum absolute atomic E-state index is 0.669. The van der Waals surface area contributed by atoms with E-state index in [-0.39, 0.29) is 0 Å². The van der Waals surface area contributed by atoms with Crippen molar-refractivity contribution in [2.45, 2.75) is 32.0 Å². The third-order valence-electron chi connectivity index (χ3n) is 6.20. The predicted octanol–water partition coefficient (Wildman–Crippen LogP) is 3.56. The highest BCUT2D eigenvalue weighted by Gasteiger charge is 2.38. The lowest BCUT2D eigenvalue weighted by molar-refractivity contribution is -0.192. The van der Waals surface area contributed by atoms with E-state index in [0.29, 0.717) is 6.61 Å². The molecule has 1 fully saturated rings. The van der Waals surface area contributed by atoms with Crippen LogP contribution in [0, 0.1) is 5.92 Å². The van der Waals surface area contributed by atoms with E-state index in [9.17, 15) is 13.2 Å². The molecule has 1 aromatic heterocycles. The summed E-state index contributed by atoms with van der Waals surface area (Å²) in [7, 11) is 6.02. The minimum Gasteiger partial charge on any atom is -0.492 e. The number of halogens is 3. The molecule has 0 saturated carbocycles. The van der Waals surface area contributed by atoms with Crippen molar-refractivity contribution in [3.05, 3.63) is 42.1 Å². The summed E-state index contributed by atoms with van der Waals surface area (Å²) in [5.41, 5.74) is 2.95. The first kappa shape index (κ1) is 32.4. The quantitative estimate of drug-likeness (QED) is 0.360. The zero-order chi connectivity index (χ0) is 28.7. The van der Waals surface area contributed by atoms with Gasteiger partial charge in [0.15, 0.2) is 0 Å². The van der Waals surface area contributed by atoms with Gasteiger partial charge in [-0.3, -0.25) is 0 Å². The fraction of sp³-hybridized carbons (Fsp3) is 0.593. The topological polar surface area (TPSA) is 100 Å². The Bertz CT molecular complexity index is 955. The van der Waals surface area contributed by atoms with E-state index in [4.69, 9.17) is 19.4 Å². The number of aliphatic carboxylic acids is 1. The molecule has 1 aromatic carbocycles. The van der Waals surface area contributed by atoms with Gasteiger partial charge in [0.05, 0.1) is 11.4 Å². The highest BCUT2D eigenvalue weighted by atomic mass is 19.4. The number of alkyl halides is 3. The van der Waals surface area contributed by atoms with Crippen LogP contribution in [0.5, 0.6) is 5.75 Å². The van der Waals surface area contributed by atoms with Crippen LogP contribution in [0.25, 0.3) is 11.3 Å². The van der Waals surface area contributed by atoms with Gasteiger partial charge in [0.25, 0.3) is 0 Å². The molecular formula is C27H40F3N5O4. The Hall–Kier alpha value is -2.80. The molecule has 0 amide bonds. The van der Waals surface area contributed by atoms with Crippen LogP contribution in [0.1, 0.15) is 25.0 Å². The summed E-state index contributed by atoms with van der Waals surface area (Å²) in [5.74, 6) is -1.10. The maximum Gasteiger partial charge on any atom is 0.490 e. The zero-order valence-electron chi connectivity index (χ0n) is 22.9. The van der Waals surface area contributed by atoms with Gasteiger partial charge >= 0.3 is 12.1 Å². The summed E-state index contributed by atoms with van der Waals surface area (Å²) in [6.07, 6.45) is -1.52. The van der Waals surface area contributed by atoms with E-state index in [2.05, 4.69) is 51.5 Å². The number of carboxylic acid groups (broad SMARTS) is 1. The molecular weight excluding hydrogens is 515 g/mol. The lowest BCUT2D eigenvalue weighted by atomic mass is 9.98. The summed E-state index contributed by atoms with van der Waals surface area (Å²) in [6.45, 7) is 7.61. The highest BCUT2D eigenvalue weighted by molar-refractivity contribution is 5.73. The number of carbonyl (C=O) groups is 1. The lowest BCUT2D eigenvalue weighted by Gasteiger charge is -2.27. The van der Waals surface area contributed by atoms with Crippen molar-refractivity contribution >= 4 is 5.97 Å². The van der Waals surface area contributed by atoms with Crippen molar-refractivity contribution in [1.29, 1.82) is 0 Å². The van der Waals surface area contributed by atoms with Gasteiger partial charge in [-0.1, -0.05) is 0 Å². The molecule has 2 N–H and O–H groups in total. The van der Waals surface area contributed by atoms with Crippen molar-refractivity contribution < 1.29 is 32.5 Å². The summed E-state index contributed by atoms with van der Waals surface area (Å²) < 4.78 is 42.7. The third kappa shape index (κ3) is 13.2. The van der Waals surface area contributed by atoms with Crippen molar-refractivity contribution in [2.75, 3.05) is 67.1 Å². The Morgan fingerprint density at radius 3 is 2.26 bits per heavy atom. The molecule has 0 unspecified atom stereocenters. The van der Waals surface area contributed by atoms with Gasteiger partial charge in [0, 0.05) is 45.5 Å². The maximum atomic E-state index is 10.6. The molecule has 9 nitrogen and oxygen atoms in total. The van der Waals surface area contributed by atoms with E-state index in [1.807, 2.05) is 24.3 Å². The molecule has 1 saturated heterocycles. The monoisotopic (exact) mass is 555 g/mol. The van der Waals surface area contributed by atoms with Gasteiger partial charge in [-0.05, 0) is 88.8 Å². The van der Waals surface area contributed by atoms with Crippen LogP contribution >= 0.6 is 0 Å². The SMILES string of the molecule is COCCCN(C)CCOc1ccc(-c2ccc(CN(C)CC3CCNCC3)nn2)cc1.O=C(O)C(F)(F)F. The first-order chi connectivity index (χ1) is 18.6. The molecule has 3 rings (SSSR count). The average Bonchev–Trinajstić information content (AvgIpc) is 2.90. The highest BCUT2D eigenvalue weighted by Crippen LogP contribution is 2.21. The number of hydrogen-bond acceptors (Lipinski definition) is 8. The van der Waals surface area contributed by atoms with Crippen molar-refractivity contribution in [2.24, 2.45) is 5.92 Å². The number of rotatable bonds is 13. The second kappa shape index (κ2) is 17.0. The predicted molar refractivity (Wildman–Crippen MR) is 143 cm³/mol. The number of nitrogens with one attached hydrogen (secondary N) is 1. The number of likely N-dealkylation sites (N-methyl/N-ethyl adjacent to an activating group) is 1. The fourth-order valence-corrected chi connectivity index (χ4v) is 4.08. The first-order valence-electron chi connectivity index (χ1n) is 13.0. The number of methoxy groups -OCH3 is 1. The average molecular weight is 556 g/mol. The number of nitrogens with zero attached hydrogens (tertiary/aromatic N) is 4. The third-order valence-corrected chi connectivity index (χ3v) is 6.20. The lowest BCUT2D eigenvalue weighted by Crippen LogP contribution is -2.34. The molecule has 1 aliphatic rings. The molecule has 0 radical (unpaired) electrons. The second-order valence-corrected chi connectivity index (χ2v) is 9.63. The Labute approximate surface area is 228 Å². The standard InChI is InChI=1S/C25H39N5O2.C2HF3O2/c1-29(15-4-17-31-3)16-18-32-24-8-5-22(6-9-24)25-10-7-23(27-28-25)20-30(2)19-21-11-13-26-14-12-21;3-2(4,5)1(6)7/h5-10,21,26H,4,11-20H2,1-3H3;(H,6,7). The van der Waals surface area contributed by atoms with Crippen LogP contribution < -0.4 is 10.1 Å². The smallest absolute Gasteiger partial charge is 0.490 e. The molecule has 39 heavy (non-hydrogen) atoms. The molecule has 218 valence electrons. The Kier molecular flexibility index (Phi) is 14.1. The van der Waals surface area contributed by atoms with Crippen LogP contribution in [0.3, 0.4) is 0 Å². The zero-order valence-corrected chi connectivity index (χ0v) is 22.9. The van der Waals surface area contributed by atoms with Crippen molar-refractivity contribution in [3.8, 4) is 17.0 Å². The number of benzene rings is 1. The first-order valence-corrected chi connectivity index (χ1v) is 13.0. The Morgan fingerprint density at radius 2 is 1.69 bits per heavy atom. The number of piperidine rings is 1. The maximum absolute atomic E-state index is 10.6. The van der Waals surface area contributed by atoms with Gasteiger partial charge in [0.2, 0.25) is 0 Å². The Balaban J connectivity index is 0.000000673. The van der Waals surface area contributed by atoms with Crippen LogP contribution in [0.2, 0.25) is 0 Å². The summed E-state index contributed by atoms with van der Waals surface area (Å²) in [6, 6.07) is 12.2. The molecule has 2 heterocycles. The molecule has 0 bridgehead atoms. The largest absolute Gasteiger partial charge is 0.492 e. The summed E-state index contributed by atoms with van der Waals surface area (Å²) in [4.78, 5) is 13.5. The molecule has 0 atom stereocenters. The van der Waals surface area contributed by atoms with Gasteiger partial charge in [-0.15, -0.1) is 0 Å². The number of aromatic nitrogens is 2. The van der Waals surface area contributed by atoms with Gasteiger partial charge in [-0.2, -0.15) is 23.4 Å². The molecule has 1 aliphatic heterocycles. The normalized spacial score (nSPS) is 14.3. The van der Waals surface area contributed by atoms with E-state index in [0.717, 1.165) is 80.9 Å². The van der Waals surface area contributed by atoms with Crippen molar-refractivity contribution in [1.82, 2.24) is 25.3 Å². The van der Waals surface area contributed by atoms with Crippen LogP contribution in [-0.2, 0) is 16.1 Å². The number of hydrogen-bond donors (Lipinski definition) is 2. The second-order valence-electron chi connectivity index (χ2n) is 9.63. The number of carboxylic acids is 1. The van der Waals surface area contributed by atoms with E-state index < -0.39 is 12.1 Å². The molecule has 12 heteroatoms. The molecule has 2 aromatic rings. The van der Waals surface area contributed by atoms with Gasteiger partial charge in [-0.25, -0.2) is 4.79 Å². The molecule has 0 aliphatic carbocycles. The minimum atomic E-state index is -5.08. The fourth-order valence-electron chi connectivity index (χ4n) is 4.08. The van der Waals surface area contributed by atoms with E-state index in [1.54, 1.807) is 7.11 Å². The van der Waals surface area contributed by atoms with Gasteiger partial charge < -0.3 is 29.7 Å². The van der Waals surface area contributed by atoms with Crippen molar-refractivity contribution in [3.63, 3.8) is 0 Å². The van der Waals surface area contributed by atoms with Crippen LogP contribution in [0.4, 0.5) is 13.2 Å². The number of ether oxygens (including phenoxy) is 2. The van der Waals surface area contributed by atoms with Crippen LogP contribution in [0.15, 0.2) is 36.4 Å². The van der Waals surface area contributed by atoms with Gasteiger partial charge in [0.1, 0.15) is 12.4 Å². The van der Waals surface area contributed by atoms with E-state index in [1.165, 1.54) is 12.8 Å². The summed E-state index contributed by atoms with van der Waals surface area (Å²) >= 11 is 0. The van der Waals surface area contributed by atoms with E-state index >= 15 is 0 Å². The molecule has 0 spiro atoms. The van der Waals surface area contributed by atoms with Crippen LogP contribution in [-0.4, -0.2) is 104 Å².